The number of aromatic nitrogens is 1. The lowest BCUT2D eigenvalue weighted by Gasteiger charge is -2.28. The number of fused-ring (bicyclic) bond motifs is 3. The summed E-state index contributed by atoms with van der Waals surface area (Å²) in [6, 6.07) is 29.2. The highest BCUT2D eigenvalue weighted by Crippen LogP contribution is 2.30. The van der Waals surface area contributed by atoms with Gasteiger partial charge in [-0.3, -0.25) is 0 Å². The van der Waals surface area contributed by atoms with Crippen molar-refractivity contribution in [1.29, 1.82) is 0 Å². The summed E-state index contributed by atoms with van der Waals surface area (Å²) in [4.78, 5) is 0. The fraction of sp³-hybridized carbons (Fsp3) is 0.429. The topological polar surface area (TPSA) is 60.3 Å². The number of rotatable bonds is 16. The molecule has 7 nitrogen and oxygen atoms in total. The van der Waals surface area contributed by atoms with Crippen LogP contribution in [0.3, 0.4) is 0 Å². The molecule has 0 bridgehead atoms. The van der Waals surface area contributed by atoms with E-state index >= 15 is 0 Å². The second kappa shape index (κ2) is 20.4. The Morgan fingerprint density at radius 3 is 1.50 bits per heavy atom. The molecule has 242 valence electrons. The third-order valence-corrected chi connectivity index (χ3v) is 13.0. The average Bonchev–Trinajstić information content (AvgIpc) is 3.37. The Morgan fingerprint density at radius 2 is 1.07 bits per heavy atom. The van der Waals surface area contributed by atoms with Gasteiger partial charge in [-0.05, 0) is 58.2 Å². The molecule has 0 saturated carbocycles. The molecule has 3 aromatic carbocycles. The van der Waals surface area contributed by atoms with E-state index in [9.17, 15) is 0 Å². The molecule has 1 heterocycles. The van der Waals surface area contributed by atoms with Gasteiger partial charge in [0.25, 0.3) is 0 Å². The molecular formula is C35H53NO6Si2. The van der Waals surface area contributed by atoms with Crippen molar-refractivity contribution in [3.8, 4) is 0 Å². The van der Waals surface area contributed by atoms with Crippen molar-refractivity contribution < 1.29 is 26.6 Å². The minimum Gasteiger partial charge on any atom is -0.377 e. The van der Waals surface area contributed by atoms with Gasteiger partial charge in [-0.2, -0.15) is 0 Å². The van der Waals surface area contributed by atoms with Gasteiger partial charge < -0.3 is 31.1 Å². The first kappa shape index (κ1) is 37.6. The van der Waals surface area contributed by atoms with Gasteiger partial charge in [-0.25, -0.2) is 0 Å². The Hall–Kier alpha value is -2.61. The first-order valence-corrected chi connectivity index (χ1v) is 19.4. The van der Waals surface area contributed by atoms with E-state index < -0.39 is 17.6 Å². The van der Waals surface area contributed by atoms with E-state index in [1.807, 2.05) is 45.9 Å². The molecule has 1 aromatic heterocycles. The van der Waals surface area contributed by atoms with Crippen LogP contribution in [0.15, 0.2) is 91.5 Å². The van der Waals surface area contributed by atoms with Crippen molar-refractivity contribution >= 4 is 39.4 Å². The van der Waals surface area contributed by atoms with Crippen molar-refractivity contribution in [3.05, 3.63) is 97.1 Å². The Kier molecular flexibility index (Phi) is 17.4. The minimum atomic E-state index is -2.58. The monoisotopic (exact) mass is 639 g/mol. The van der Waals surface area contributed by atoms with E-state index in [0.29, 0.717) is 19.8 Å². The molecule has 4 aromatic rings. The zero-order valence-corrected chi connectivity index (χ0v) is 29.8. The van der Waals surface area contributed by atoms with Gasteiger partial charge in [-0.1, -0.05) is 72.8 Å². The second-order valence-corrected chi connectivity index (χ2v) is 15.8. The zero-order chi connectivity index (χ0) is 32.3. The lowest BCUT2D eigenvalue weighted by atomic mass is 10.2. The maximum atomic E-state index is 5.99. The Morgan fingerprint density at radius 1 is 0.636 bits per heavy atom. The first-order chi connectivity index (χ1) is 21.4. The van der Waals surface area contributed by atoms with Crippen LogP contribution in [0.1, 0.15) is 39.7 Å². The van der Waals surface area contributed by atoms with Crippen LogP contribution in [-0.2, 0) is 39.5 Å². The molecule has 0 spiro atoms. The molecule has 0 unspecified atom stereocenters. The van der Waals surface area contributed by atoms with Crippen molar-refractivity contribution in [2.75, 3.05) is 41.2 Å². The van der Waals surface area contributed by atoms with Gasteiger partial charge in [0.15, 0.2) is 0 Å². The van der Waals surface area contributed by atoms with Gasteiger partial charge >= 0.3 is 17.6 Å². The predicted octanol–water partition coefficient (Wildman–Crippen LogP) is 8.53. The maximum Gasteiger partial charge on any atom is 0.500 e. The fourth-order valence-corrected chi connectivity index (χ4v) is 9.50. The number of allylic oxidation sites excluding steroid dienone is 1. The number of benzene rings is 3. The van der Waals surface area contributed by atoms with Gasteiger partial charge in [0.2, 0.25) is 0 Å². The number of aryl methyl sites for hydroxylation is 2. The maximum absolute atomic E-state index is 5.99. The smallest absolute Gasteiger partial charge is 0.377 e. The van der Waals surface area contributed by atoms with E-state index in [2.05, 4.69) is 71.8 Å². The fourth-order valence-electron chi connectivity index (χ4n) is 5.20. The number of hydrogen-bond acceptors (Lipinski definition) is 6. The van der Waals surface area contributed by atoms with E-state index in [4.69, 9.17) is 26.6 Å². The van der Waals surface area contributed by atoms with Crippen LogP contribution in [0.4, 0.5) is 0 Å². The zero-order valence-electron chi connectivity index (χ0n) is 27.8. The molecule has 0 saturated heterocycles. The van der Waals surface area contributed by atoms with Crippen LogP contribution >= 0.6 is 0 Å². The molecule has 0 aliphatic rings. The highest BCUT2D eigenvalue weighted by Gasteiger charge is 2.39. The largest absolute Gasteiger partial charge is 0.500 e. The summed E-state index contributed by atoms with van der Waals surface area (Å²) in [6.07, 6.45) is 3.64. The van der Waals surface area contributed by atoms with Crippen LogP contribution in [0, 0.1) is 0 Å². The van der Waals surface area contributed by atoms with Crippen molar-refractivity contribution in [2.45, 2.75) is 59.2 Å². The Bertz CT molecular complexity index is 1260. The molecule has 0 fully saturated rings. The summed E-state index contributed by atoms with van der Waals surface area (Å²) in [7, 11) is -0.0483. The van der Waals surface area contributed by atoms with E-state index in [0.717, 1.165) is 31.5 Å². The summed E-state index contributed by atoms with van der Waals surface area (Å²) in [5, 5.41) is 2.62. The number of para-hydroxylation sites is 2. The van der Waals surface area contributed by atoms with Crippen LogP contribution in [0.25, 0.3) is 21.8 Å². The second-order valence-electron chi connectivity index (χ2n) is 9.96. The van der Waals surface area contributed by atoms with Crippen LogP contribution in [0.2, 0.25) is 12.1 Å². The highest BCUT2D eigenvalue weighted by molar-refractivity contribution is 6.61. The Balaban J connectivity index is 0.000000318. The molecule has 0 N–H and O–H groups in total. The molecule has 0 aliphatic heterocycles. The Labute approximate surface area is 267 Å². The third kappa shape index (κ3) is 10.8. The van der Waals surface area contributed by atoms with Crippen molar-refractivity contribution in [3.63, 3.8) is 0 Å². The molecule has 0 radical (unpaired) electrons. The summed E-state index contributed by atoms with van der Waals surface area (Å²) < 4.78 is 36.4. The van der Waals surface area contributed by atoms with Crippen LogP contribution < -0.4 is 0 Å². The van der Waals surface area contributed by atoms with Crippen molar-refractivity contribution in [1.82, 2.24) is 4.57 Å². The summed E-state index contributed by atoms with van der Waals surface area (Å²) >= 11 is 0. The lowest BCUT2D eigenvalue weighted by Crippen LogP contribution is -2.46. The first-order valence-electron chi connectivity index (χ1n) is 15.6. The summed E-state index contributed by atoms with van der Waals surface area (Å²) in [5.41, 5.74) is 3.84. The quantitative estimate of drug-likeness (QED) is 0.0905. The normalized spacial score (nSPS) is 11.5. The molecule has 4 rings (SSSR count). The number of nitrogens with zero attached hydrogens (tertiary/aromatic N) is 1. The van der Waals surface area contributed by atoms with Crippen LogP contribution in [-0.4, -0.2) is 63.3 Å². The molecule has 0 aliphatic carbocycles. The van der Waals surface area contributed by atoms with Gasteiger partial charge in [0.1, 0.15) is 0 Å². The molecular weight excluding hydrogens is 587 g/mol. The molecule has 9 heteroatoms. The van der Waals surface area contributed by atoms with E-state index in [-0.39, 0.29) is 0 Å². The molecule has 0 atom stereocenters. The summed E-state index contributed by atoms with van der Waals surface area (Å²) in [5.74, 6) is 0. The van der Waals surface area contributed by atoms with Crippen LogP contribution in [0.5, 0.6) is 0 Å². The lowest BCUT2D eigenvalue weighted by molar-refractivity contribution is 0.0705. The third-order valence-electron chi connectivity index (χ3n) is 7.13. The molecule has 0 amide bonds. The molecule has 44 heavy (non-hydrogen) atoms. The SMILES string of the molecule is C=CC.CCO[Si](CCCn1c2ccccc2c2ccccc21)(OCC)OCC.CO[Si](CCc1ccccc1)(OC)OC. The highest BCUT2D eigenvalue weighted by atomic mass is 28.4. The standard InChI is InChI=1S/C21H29NO3Si.C11H18O3Si.C3H6/c1-4-23-26(24-5-2,25-6-3)17-11-16-22-20-14-9-7-12-18(20)19-13-8-10-15-21(19)22;1-12-15(13-2,14-3)10-9-11-7-5-4-6-8-11;1-3-2/h7-10,12-15H,4-6,11,16-17H2,1-3H3;4-8H,9-10H2,1-3H3;3H,1H2,2H3. The van der Waals surface area contributed by atoms with Crippen molar-refractivity contribution in [2.24, 2.45) is 0 Å². The summed E-state index contributed by atoms with van der Waals surface area (Å²) in [6.45, 7) is 14.1. The van der Waals surface area contributed by atoms with E-state index in [1.165, 1.54) is 27.4 Å². The van der Waals surface area contributed by atoms with Gasteiger partial charge in [0, 0.05) is 81.6 Å². The number of hydrogen-bond donors (Lipinski definition) is 0. The average molecular weight is 640 g/mol. The van der Waals surface area contributed by atoms with Gasteiger partial charge in [0.05, 0.1) is 0 Å². The predicted molar refractivity (Wildman–Crippen MR) is 187 cm³/mol. The van der Waals surface area contributed by atoms with E-state index in [1.54, 1.807) is 27.4 Å². The minimum absolute atomic E-state index is 0.627. The van der Waals surface area contributed by atoms with Gasteiger partial charge in [-0.15, -0.1) is 6.58 Å².